The summed E-state index contributed by atoms with van der Waals surface area (Å²) in [5, 5.41) is 17.1. The first-order valence-electron chi connectivity index (χ1n) is 13.2. The van der Waals surface area contributed by atoms with Crippen LogP contribution in [0, 0.1) is 23.6 Å². The van der Waals surface area contributed by atoms with E-state index < -0.39 is 5.82 Å². The molecule has 0 spiro atoms. The number of aromatic nitrogens is 2. The Morgan fingerprint density at radius 1 is 1.13 bits per heavy atom. The van der Waals surface area contributed by atoms with Crippen LogP contribution in [0.25, 0.3) is 5.69 Å². The molecule has 1 saturated carbocycles. The molecule has 1 aliphatic heterocycles. The zero-order chi connectivity index (χ0) is 26.6. The quantitative estimate of drug-likeness (QED) is 0.469. The maximum Gasteiger partial charge on any atom is 0.274 e. The number of aryl methyl sites for hydroxylation is 1. The van der Waals surface area contributed by atoms with Crippen LogP contribution >= 0.6 is 0 Å². The van der Waals surface area contributed by atoms with E-state index in [4.69, 9.17) is 4.74 Å². The number of ether oxygens (including phenoxy) is 1. The molecule has 5 rings (SSSR count). The Hall–Kier alpha value is -3.88. The van der Waals surface area contributed by atoms with E-state index in [0.717, 1.165) is 24.8 Å². The second-order valence-electron chi connectivity index (χ2n) is 10.2. The molecular formula is C29H33FN4O4. The summed E-state index contributed by atoms with van der Waals surface area (Å²) in [4.78, 5) is 27.8. The number of halogens is 1. The molecule has 2 heterocycles. The summed E-state index contributed by atoms with van der Waals surface area (Å²) in [6, 6.07) is 14.8. The highest BCUT2D eigenvalue weighted by Crippen LogP contribution is 2.40. The van der Waals surface area contributed by atoms with Crippen molar-refractivity contribution < 1.29 is 23.8 Å². The summed E-state index contributed by atoms with van der Waals surface area (Å²) in [5.74, 6) is 0.852. The van der Waals surface area contributed by atoms with Crippen LogP contribution in [-0.2, 0) is 11.2 Å². The van der Waals surface area contributed by atoms with Crippen LogP contribution in [-0.4, -0.2) is 58.3 Å². The maximum atomic E-state index is 14.4. The number of aromatic hydroxyl groups is 1. The Morgan fingerprint density at radius 2 is 1.97 bits per heavy atom. The monoisotopic (exact) mass is 520 g/mol. The standard InChI is InChI=1S/C29H33FN4O4/c1-38-28-15-25(32-34(28)26-11-3-2-10-24(26)30)29(37)33-17-21-8-5-7-20(23(21)18-33)16-31-27(36)13-12-19-6-4-9-22(35)14-19/h2-4,6,9-11,14-15,20-21,23,35H,5,7-8,12-13,16-18H2,1H3,(H,31,36)/t20-,21-,23-/m1/s1. The van der Waals surface area contributed by atoms with Crippen molar-refractivity contribution in [2.24, 2.45) is 17.8 Å². The van der Waals surface area contributed by atoms with Gasteiger partial charge in [0.15, 0.2) is 5.69 Å². The van der Waals surface area contributed by atoms with Gasteiger partial charge in [0.1, 0.15) is 17.3 Å². The molecule has 2 N–H and O–H groups in total. The number of amides is 2. The third kappa shape index (κ3) is 5.51. The van der Waals surface area contributed by atoms with Crippen molar-refractivity contribution in [1.29, 1.82) is 0 Å². The molecule has 3 atom stereocenters. The molecule has 3 aromatic rings. The van der Waals surface area contributed by atoms with Crippen LogP contribution in [0.5, 0.6) is 11.6 Å². The molecule has 2 aromatic carbocycles. The summed E-state index contributed by atoms with van der Waals surface area (Å²) in [5.41, 5.74) is 1.37. The van der Waals surface area contributed by atoms with Gasteiger partial charge in [-0.2, -0.15) is 9.78 Å². The zero-order valence-corrected chi connectivity index (χ0v) is 21.5. The van der Waals surface area contributed by atoms with E-state index in [-0.39, 0.29) is 28.9 Å². The normalized spacial score (nSPS) is 20.7. The molecule has 2 fully saturated rings. The van der Waals surface area contributed by atoms with Gasteiger partial charge in [-0.1, -0.05) is 30.7 Å². The third-order valence-electron chi connectivity index (χ3n) is 7.83. The smallest absolute Gasteiger partial charge is 0.274 e. The Kier molecular flexibility index (Phi) is 7.62. The minimum Gasteiger partial charge on any atom is -0.508 e. The van der Waals surface area contributed by atoms with Crippen molar-refractivity contribution >= 4 is 11.8 Å². The Balaban J connectivity index is 1.20. The first kappa shape index (κ1) is 25.8. The SMILES string of the molecule is COc1cc(C(=O)N2C[C@H]3CCC[C@H](CNC(=O)CCc4cccc(O)c4)[C@H]3C2)nn1-c1ccccc1F. The van der Waals surface area contributed by atoms with Gasteiger partial charge in [-0.25, -0.2) is 4.39 Å². The molecule has 0 unspecified atom stereocenters. The van der Waals surface area contributed by atoms with E-state index in [1.807, 2.05) is 11.0 Å². The van der Waals surface area contributed by atoms with Crippen LogP contribution < -0.4 is 10.1 Å². The van der Waals surface area contributed by atoms with E-state index in [9.17, 15) is 19.1 Å². The number of hydrogen-bond acceptors (Lipinski definition) is 5. The van der Waals surface area contributed by atoms with E-state index in [1.165, 1.54) is 17.9 Å². The topological polar surface area (TPSA) is 96.7 Å². The maximum absolute atomic E-state index is 14.4. The number of likely N-dealkylation sites (tertiary alicyclic amines) is 1. The van der Waals surface area contributed by atoms with Crippen molar-refractivity contribution in [2.45, 2.75) is 32.1 Å². The molecule has 200 valence electrons. The van der Waals surface area contributed by atoms with Crippen LogP contribution in [0.15, 0.2) is 54.6 Å². The minimum absolute atomic E-state index is 0.00725. The molecule has 2 amide bonds. The number of phenols is 1. The highest BCUT2D eigenvalue weighted by molar-refractivity contribution is 5.93. The predicted octanol–water partition coefficient (Wildman–Crippen LogP) is 3.96. The van der Waals surface area contributed by atoms with Crippen molar-refractivity contribution in [3.05, 3.63) is 71.7 Å². The number of fused-ring (bicyclic) bond motifs is 1. The fraction of sp³-hybridized carbons (Fsp3) is 0.414. The number of nitrogens with zero attached hydrogens (tertiary/aromatic N) is 3. The number of rotatable bonds is 8. The van der Waals surface area contributed by atoms with E-state index in [2.05, 4.69) is 10.4 Å². The highest BCUT2D eigenvalue weighted by Gasteiger charge is 2.42. The number of hydrogen-bond donors (Lipinski definition) is 2. The Morgan fingerprint density at radius 3 is 2.76 bits per heavy atom. The number of carbonyl (C=O) groups excluding carboxylic acids is 2. The molecule has 9 heteroatoms. The van der Waals surface area contributed by atoms with Crippen LogP contribution in [0.3, 0.4) is 0 Å². The molecular weight excluding hydrogens is 487 g/mol. The lowest BCUT2D eigenvalue weighted by Gasteiger charge is -2.32. The summed E-state index contributed by atoms with van der Waals surface area (Å²) < 4.78 is 21.1. The molecule has 8 nitrogen and oxygen atoms in total. The van der Waals surface area contributed by atoms with Gasteiger partial charge in [0.25, 0.3) is 5.91 Å². The van der Waals surface area contributed by atoms with Crippen molar-refractivity contribution in [3.63, 3.8) is 0 Å². The van der Waals surface area contributed by atoms with Gasteiger partial charge in [0, 0.05) is 32.1 Å². The fourth-order valence-electron chi connectivity index (χ4n) is 5.89. The van der Waals surface area contributed by atoms with Crippen molar-refractivity contribution in [2.75, 3.05) is 26.7 Å². The Labute approximate surface area is 221 Å². The number of carbonyl (C=O) groups is 2. The average molecular weight is 521 g/mol. The predicted molar refractivity (Wildman–Crippen MR) is 140 cm³/mol. The van der Waals surface area contributed by atoms with Gasteiger partial charge in [0.2, 0.25) is 11.8 Å². The summed E-state index contributed by atoms with van der Waals surface area (Å²) in [6.07, 6.45) is 4.08. The third-order valence-corrected chi connectivity index (χ3v) is 7.83. The fourth-order valence-corrected chi connectivity index (χ4v) is 5.89. The number of nitrogens with one attached hydrogen (secondary N) is 1. The second-order valence-corrected chi connectivity index (χ2v) is 10.2. The minimum atomic E-state index is -0.452. The number of para-hydroxylation sites is 1. The van der Waals surface area contributed by atoms with Crippen LogP contribution in [0.2, 0.25) is 0 Å². The van der Waals surface area contributed by atoms with Gasteiger partial charge in [-0.15, -0.1) is 0 Å². The lowest BCUT2D eigenvalue weighted by molar-refractivity contribution is -0.121. The van der Waals surface area contributed by atoms with Gasteiger partial charge in [0.05, 0.1) is 7.11 Å². The van der Waals surface area contributed by atoms with Crippen LogP contribution in [0.1, 0.15) is 41.7 Å². The summed E-state index contributed by atoms with van der Waals surface area (Å²) in [6.45, 7) is 1.86. The number of methoxy groups -OCH3 is 1. The van der Waals surface area contributed by atoms with E-state index in [0.29, 0.717) is 56.1 Å². The molecule has 1 aliphatic carbocycles. The van der Waals surface area contributed by atoms with Crippen LogP contribution in [0.4, 0.5) is 4.39 Å². The van der Waals surface area contributed by atoms with Gasteiger partial charge in [-0.05, 0) is 66.8 Å². The average Bonchev–Trinajstić information content (AvgIpc) is 3.55. The molecule has 1 saturated heterocycles. The number of phenolic OH excluding ortho intramolecular Hbond substituents is 1. The first-order chi connectivity index (χ1) is 18.4. The molecule has 2 aliphatic rings. The van der Waals surface area contributed by atoms with Crippen molar-refractivity contribution in [1.82, 2.24) is 20.0 Å². The highest BCUT2D eigenvalue weighted by atomic mass is 19.1. The molecule has 0 radical (unpaired) electrons. The lowest BCUT2D eigenvalue weighted by Crippen LogP contribution is -2.37. The second kappa shape index (κ2) is 11.2. The lowest BCUT2D eigenvalue weighted by atomic mass is 9.74. The van der Waals surface area contributed by atoms with Gasteiger partial charge in [-0.3, -0.25) is 9.59 Å². The number of benzene rings is 2. The summed E-state index contributed by atoms with van der Waals surface area (Å²) >= 11 is 0. The zero-order valence-electron chi connectivity index (χ0n) is 21.5. The van der Waals surface area contributed by atoms with E-state index >= 15 is 0 Å². The van der Waals surface area contributed by atoms with Gasteiger partial charge < -0.3 is 20.1 Å². The Bertz CT molecular complexity index is 1310. The molecule has 38 heavy (non-hydrogen) atoms. The molecule has 0 bridgehead atoms. The summed E-state index contributed by atoms with van der Waals surface area (Å²) in [7, 11) is 1.47. The van der Waals surface area contributed by atoms with Gasteiger partial charge >= 0.3 is 0 Å². The van der Waals surface area contributed by atoms with E-state index in [1.54, 1.807) is 42.5 Å². The first-order valence-corrected chi connectivity index (χ1v) is 13.2. The van der Waals surface area contributed by atoms with Crippen molar-refractivity contribution in [3.8, 4) is 17.3 Å². The molecule has 1 aromatic heterocycles. The largest absolute Gasteiger partial charge is 0.508 e.